The Balaban J connectivity index is 1.46. The van der Waals surface area contributed by atoms with E-state index in [-0.39, 0.29) is 12.3 Å². The average molecular weight is 541 g/mol. The van der Waals surface area contributed by atoms with Gasteiger partial charge in [0, 0.05) is 24.6 Å². The molecule has 1 aromatic heterocycles. The highest BCUT2D eigenvalue weighted by Gasteiger charge is 2.41. The first-order valence-corrected chi connectivity index (χ1v) is 13.5. The molecule has 0 fully saturated rings. The van der Waals surface area contributed by atoms with Gasteiger partial charge in [-0.3, -0.25) is 9.78 Å². The number of benzene rings is 2. The number of rotatable bonds is 9. The predicted octanol–water partition coefficient (Wildman–Crippen LogP) is 5.72. The summed E-state index contributed by atoms with van der Waals surface area (Å²) in [4.78, 5) is 37.0. The topological polar surface area (TPSA) is 93.1 Å². The quantitative estimate of drug-likeness (QED) is 0.347. The fourth-order valence-corrected chi connectivity index (χ4v) is 5.47. The third-order valence-corrected chi connectivity index (χ3v) is 7.22. The zero-order valence-corrected chi connectivity index (χ0v) is 22.5. The summed E-state index contributed by atoms with van der Waals surface area (Å²) in [7, 11) is 1.37. The Morgan fingerprint density at radius 3 is 2.62 bits per heavy atom. The molecule has 3 heterocycles. The number of nitrogens with zero attached hydrogens (tertiary/aromatic N) is 3. The minimum Gasteiger partial charge on any atom is -0.466 e. The van der Waals surface area contributed by atoms with Gasteiger partial charge in [-0.25, -0.2) is 9.79 Å². The fraction of sp³-hybridized carbons (Fsp3) is 0.200. The number of esters is 1. The van der Waals surface area contributed by atoms with Crippen molar-refractivity contribution < 1.29 is 19.1 Å². The van der Waals surface area contributed by atoms with Crippen molar-refractivity contribution in [2.75, 3.05) is 7.11 Å². The van der Waals surface area contributed by atoms with Gasteiger partial charge in [0.2, 0.25) is 5.91 Å². The number of hydrogen-bond donors (Lipinski definition) is 1. The Morgan fingerprint density at radius 2 is 1.87 bits per heavy atom. The molecule has 9 heteroatoms. The molecule has 39 heavy (non-hydrogen) atoms. The largest absolute Gasteiger partial charge is 0.466 e. The molecule has 0 bridgehead atoms. The van der Waals surface area contributed by atoms with Gasteiger partial charge in [-0.1, -0.05) is 55.1 Å². The number of methoxy groups -OCH3 is 1. The Labute approximate surface area is 231 Å². The number of allylic oxidation sites excluding steroid dienone is 1. The molecule has 0 unspecified atom stereocenters. The normalized spacial score (nSPS) is 16.3. The zero-order valence-electron chi connectivity index (χ0n) is 21.7. The summed E-state index contributed by atoms with van der Waals surface area (Å²) in [6.07, 6.45) is 4.10. The summed E-state index contributed by atoms with van der Waals surface area (Å²) in [5, 5.41) is 5.60. The second-order valence-electron chi connectivity index (χ2n) is 8.90. The standard InChI is InChI=1S/C30H28N4O4S/c1-3-25-27(29(36)37-2)28(21-10-7-13-24(15-21)38-23-11-5-4-6-12-23)34-22(19-39-30(34)33-25)16-26(35)32-18-20-9-8-14-31-17-20/h4-15,17,19,28H,3,16,18H2,1-2H3,(H,32,35)/t28-/m0/s1. The Morgan fingerprint density at radius 1 is 1.05 bits per heavy atom. The Kier molecular flexibility index (Phi) is 8.07. The highest BCUT2D eigenvalue weighted by molar-refractivity contribution is 8.16. The maximum atomic E-state index is 13.2. The van der Waals surface area contributed by atoms with Crippen LogP contribution < -0.4 is 10.1 Å². The molecule has 1 amide bonds. The molecule has 0 radical (unpaired) electrons. The summed E-state index contributed by atoms with van der Waals surface area (Å²) in [5.74, 6) is 0.751. The number of aliphatic imine (C=N–C) groups is 1. The van der Waals surface area contributed by atoms with E-state index >= 15 is 0 Å². The van der Waals surface area contributed by atoms with Crippen LogP contribution in [0.5, 0.6) is 11.5 Å². The van der Waals surface area contributed by atoms with Crippen molar-refractivity contribution in [3.8, 4) is 11.5 Å². The number of ether oxygens (including phenoxy) is 2. The number of pyridine rings is 1. The van der Waals surface area contributed by atoms with Crippen LogP contribution in [0.15, 0.2) is 106 Å². The molecule has 1 N–H and O–H groups in total. The maximum absolute atomic E-state index is 13.2. The van der Waals surface area contributed by atoms with Gasteiger partial charge in [-0.2, -0.15) is 0 Å². The number of para-hydroxylation sites is 1. The predicted molar refractivity (Wildman–Crippen MR) is 151 cm³/mol. The van der Waals surface area contributed by atoms with Crippen molar-refractivity contribution in [3.63, 3.8) is 0 Å². The van der Waals surface area contributed by atoms with Crippen LogP contribution in [0.2, 0.25) is 0 Å². The van der Waals surface area contributed by atoms with Gasteiger partial charge in [0.15, 0.2) is 5.17 Å². The smallest absolute Gasteiger partial charge is 0.338 e. The number of amidine groups is 1. The van der Waals surface area contributed by atoms with Crippen molar-refractivity contribution in [2.45, 2.75) is 32.4 Å². The van der Waals surface area contributed by atoms with E-state index < -0.39 is 12.0 Å². The van der Waals surface area contributed by atoms with Crippen molar-refractivity contribution in [3.05, 3.63) is 113 Å². The third kappa shape index (κ3) is 5.88. The highest BCUT2D eigenvalue weighted by atomic mass is 32.2. The third-order valence-electron chi connectivity index (χ3n) is 6.34. The lowest BCUT2D eigenvalue weighted by molar-refractivity contribution is -0.136. The van der Waals surface area contributed by atoms with Crippen LogP contribution in [-0.4, -0.2) is 34.0 Å². The van der Waals surface area contributed by atoms with Gasteiger partial charge in [0.25, 0.3) is 0 Å². The molecule has 198 valence electrons. The van der Waals surface area contributed by atoms with E-state index in [1.165, 1.54) is 18.9 Å². The molecule has 1 atom stereocenters. The first-order chi connectivity index (χ1) is 19.1. The van der Waals surface area contributed by atoms with Crippen molar-refractivity contribution in [1.82, 2.24) is 15.2 Å². The lowest BCUT2D eigenvalue weighted by Gasteiger charge is -2.36. The van der Waals surface area contributed by atoms with Gasteiger partial charge >= 0.3 is 5.97 Å². The fourth-order valence-electron chi connectivity index (χ4n) is 4.53. The van der Waals surface area contributed by atoms with Gasteiger partial charge < -0.3 is 19.7 Å². The van der Waals surface area contributed by atoms with Gasteiger partial charge in [-0.05, 0) is 53.3 Å². The molecule has 0 aliphatic carbocycles. The molecule has 2 aromatic carbocycles. The average Bonchev–Trinajstić information content (AvgIpc) is 3.37. The molecule has 2 aliphatic rings. The number of carbonyl (C=O) groups is 2. The Bertz CT molecular complexity index is 1450. The minimum atomic E-state index is -0.536. The first kappa shape index (κ1) is 26.2. The van der Waals surface area contributed by atoms with Crippen molar-refractivity contribution in [1.29, 1.82) is 0 Å². The highest BCUT2D eigenvalue weighted by Crippen LogP contribution is 2.46. The summed E-state index contributed by atoms with van der Waals surface area (Å²) >= 11 is 1.44. The van der Waals surface area contributed by atoms with Crippen LogP contribution in [0.4, 0.5) is 0 Å². The van der Waals surface area contributed by atoms with Crippen LogP contribution in [0.1, 0.15) is 36.9 Å². The van der Waals surface area contributed by atoms with Gasteiger partial charge in [-0.15, -0.1) is 0 Å². The number of nitrogens with one attached hydrogen (secondary N) is 1. The first-order valence-electron chi connectivity index (χ1n) is 12.6. The number of carbonyl (C=O) groups excluding carboxylic acids is 2. The number of thioether (sulfide) groups is 1. The second kappa shape index (κ2) is 12.0. The maximum Gasteiger partial charge on any atom is 0.338 e. The Hall–Kier alpha value is -4.37. The number of hydrogen-bond acceptors (Lipinski definition) is 8. The van der Waals surface area contributed by atoms with Crippen molar-refractivity contribution >= 4 is 28.8 Å². The van der Waals surface area contributed by atoms with E-state index in [2.05, 4.69) is 10.3 Å². The molecule has 3 aromatic rings. The molecule has 0 spiro atoms. The molecular weight excluding hydrogens is 512 g/mol. The van der Waals surface area contributed by atoms with E-state index in [0.717, 1.165) is 16.8 Å². The van der Waals surface area contributed by atoms with E-state index in [4.69, 9.17) is 14.5 Å². The zero-order chi connectivity index (χ0) is 27.2. The number of fused-ring (bicyclic) bond motifs is 1. The summed E-state index contributed by atoms with van der Waals surface area (Å²) in [6, 6.07) is 20.4. The number of aromatic nitrogens is 1. The van der Waals surface area contributed by atoms with E-state index in [1.54, 1.807) is 12.4 Å². The molecule has 0 saturated heterocycles. The van der Waals surface area contributed by atoms with Crippen LogP contribution in [0.25, 0.3) is 0 Å². The monoisotopic (exact) mass is 540 g/mol. The molecule has 2 aliphatic heterocycles. The second-order valence-corrected chi connectivity index (χ2v) is 9.74. The number of amides is 1. The van der Waals surface area contributed by atoms with Crippen LogP contribution in [0.3, 0.4) is 0 Å². The van der Waals surface area contributed by atoms with Crippen molar-refractivity contribution in [2.24, 2.45) is 4.99 Å². The van der Waals surface area contributed by atoms with Crippen LogP contribution in [0, 0.1) is 0 Å². The molecule has 0 saturated carbocycles. The van der Waals surface area contributed by atoms with Gasteiger partial charge in [0.1, 0.15) is 11.5 Å². The van der Waals surface area contributed by atoms with Crippen LogP contribution in [-0.2, 0) is 20.9 Å². The van der Waals surface area contributed by atoms with Gasteiger partial charge in [0.05, 0.1) is 30.8 Å². The molecular formula is C30H28N4O4S. The summed E-state index contributed by atoms with van der Waals surface area (Å²) < 4.78 is 11.3. The lowest BCUT2D eigenvalue weighted by atomic mass is 9.92. The van der Waals surface area contributed by atoms with E-state index in [1.807, 2.05) is 84.0 Å². The molecule has 8 nitrogen and oxygen atoms in total. The van der Waals surface area contributed by atoms with E-state index in [0.29, 0.717) is 40.9 Å². The van der Waals surface area contributed by atoms with E-state index in [9.17, 15) is 9.59 Å². The lowest BCUT2D eigenvalue weighted by Crippen LogP contribution is -2.38. The van der Waals surface area contributed by atoms with Crippen LogP contribution >= 0.6 is 11.8 Å². The SMILES string of the molecule is CCC1=C(C(=O)OC)[C@H](c2cccc(Oc3ccccc3)c2)N2C(CC(=O)NCc3cccnc3)=CSC2=N1. The summed E-state index contributed by atoms with van der Waals surface area (Å²) in [5.41, 5.74) is 3.60. The summed E-state index contributed by atoms with van der Waals surface area (Å²) in [6.45, 7) is 2.34. The minimum absolute atomic E-state index is 0.124. The molecule has 5 rings (SSSR count).